The zero-order chi connectivity index (χ0) is 12.8. The largest absolute Gasteiger partial charge is 0.472 e. The SMILES string of the molecule is CCCCCCc1cocc1-c1cccc(Cl)c1. The van der Waals surface area contributed by atoms with Crippen LogP contribution in [0.25, 0.3) is 11.1 Å². The molecule has 96 valence electrons. The van der Waals surface area contributed by atoms with Crippen LogP contribution in [0.1, 0.15) is 38.2 Å². The molecule has 0 unspecified atom stereocenters. The second kappa shape index (κ2) is 6.65. The molecule has 0 saturated carbocycles. The Morgan fingerprint density at radius 1 is 1.11 bits per heavy atom. The first-order chi connectivity index (χ1) is 8.81. The summed E-state index contributed by atoms with van der Waals surface area (Å²) in [5.41, 5.74) is 3.60. The van der Waals surface area contributed by atoms with Gasteiger partial charge >= 0.3 is 0 Å². The molecule has 0 aliphatic carbocycles. The van der Waals surface area contributed by atoms with Crippen LogP contribution < -0.4 is 0 Å². The molecule has 2 rings (SSSR count). The average Bonchev–Trinajstić information content (AvgIpc) is 2.83. The maximum absolute atomic E-state index is 6.03. The van der Waals surface area contributed by atoms with Crippen molar-refractivity contribution in [3.05, 3.63) is 47.4 Å². The number of halogens is 1. The number of furan rings is 1. The molecule has 2 aromatic rings. The van der Waals surface area contributed by atoms with Gasteiger partial charge in [0.25, 0.3) is 0 Å². The maximum Gasteiger partial charge on any atom is 0.0983 e. The van der Waals surface area contributed by atoms with Crippen LogP contribution in [-0.2, 0) is 6.42 Å². The van der Waals surface area contributed by atoms with E-state index in [4.69, 9.17) is 16.0 Å². The minimum absolute atomic E-state index is 0.769. The molecule has 2 heteroatoms. The number of aryl methyl sites for hydroxylation is 1. The summed E-state index contributed by atoms with van der Waals surface area (Å²) in [6, 6.07) is 7.94. The lowest BCUT2D eigenvalue weighted by molar-refractivity contribution is 0.562. The lowest BCUT2D eigenvalue weighted by Gasteiger charge is -2.03. The number of hydrogen-bond acceptors (Lipinski definition) is 1. The van der Waals surface area contributed by atoms with Gasteiger partial charge in [0, 0.05) is 10.6 Å². The van der Waals surface area contributed by atoms with Gasteiger partial charge in [-0.15, -0.1) is 0 Å². The summed E-state index contributed by atoms with van der Waals surface area (Å²) in [4.78, 5) is 0. The van der Waals surface area contributed by atoms with E-state index >= 15 is 0 Å². The molecule has 0 fully saturated rings. The second-order valence-corrected chi connectivity index (χ2v) is 5.07. The summed E-state index contributed by atoms with van der Waals surface area (Å²) < 4.78 is 5.35. The predicted molar refractivity (Wildman–Crippen MR) is 77.0 cm³/mol. The average molecular weight is 263 g/mol. The molecule has 18 heavy (non-hydrogen) atoms. The molecule has 0 bridgehead atoms. The van der Waals surface area contributed by atoms with Gasteiger partial charge in [0.1, 0.15) is 0 Å². The topological polar surface area (TPSA) is 13.1 Å². The highest BCUT2D eigenvalue weighted by Crippen LogP contribution is 2.28. The quantitative estimate of drug-likeness (QED) is 0.607. The van der Waals surface area contributed by atoms with E-state index in [-0.39, 0.29) is 0 Å². The summed E-state index contributed by atoms with van der Waals surface area (Å²) in [6.07, 6.45) is 9.86. The summed E-state index contributed by atoms with van der Waals surface area (Å²) in [6.45, 7) is 2.23. The lowest BCUT2D eigenvalue weighted by atomic mass is 10.0. The third-order valence-corrected chi connectivity index (χ3v) is 3.41. The molecule has 1 heterocycles. The van der Waals surface area contributed by atoms with Gasteiger partial charge in [-0.2, -0.15) is 0 Å². The van der Waals surface area contributed by atoms with Gasteiger partial charge in [-0.1, -0.05) is 49.9 Å². The van der Waals surface area contributed by atoms with Crippen LogP contribution in [0.2, 0.25) is 5.02 Å². The van der Waals surface area contributed by atoms with E-state index in [1.807, 2.05) is 30.7 Å². The summed E-state index contributed by atoms with van der Waals surface area (Å²) in [5, 5.41) is 0.769. The van der Waals surface area contributed by atoms with Crippen molar-refractivity contribution >= 4 is 11.6 Å². The second-order valence-electron chi connectivity index (χ2n) is 4.63. The molecular weight excluding hydrogens is 244 g/mol. The van der Waals surface area contributed by atoms with Crippen molar-refractivity contribution < 1.29 is 4.42 Å². The predicted octanol–water partition coefficient (Wildman–Crippen LogP) is 5.72. The Labute approximate surface area is 114 Å². The first-order valence-corrected chi connectivity index (χ1v) is 7.00. The van der Waals surface area contributed by atoms with Crippen molar-refractivity contribution in [2.24, 2.45) is 0 Å². The molecule has 0 saturated heterocycles. The van der Waals surface area contributed by atoms with E-state index in [0.29, 0.717) is 0 Å². The van der Waals surface area contributed by atoms with Crippen molar-refractivity contribution in [1.82, 2.24) is 0 Å². The number of rotatable bonds is 6. The van der Waals surface area contributed by atoms with Gasteiger partial charge in [-0.25, -0.2) is 0 Å². The van der Waals surface area contributed by atoms with E-state index < -0.39 is 0 Å². The minimum Gasteiger partial charge on any atom is -0.472 e. The smallest absolute Gasteiger partial charge is 0.0983 e. The number of benzene rings is 1. The Bertz CT molecular complexity index is 487. The van der Waals surface area contributed by atoms with E-state index in [0.717, 1.165) is 17.0 Å². The fourth-order valence-electron chi connectivity index (χ4n) is 2.17. The van der Waals surface area contributed by atoms with Crippen LogP contribution in [0.3, 0.4) is 0 Å². The highest BCUT2D eigenvalue weighted by Gasteiger charge is 2.08. The van der Waals surface area contributed by atoms with Gasteiger partial charge in [-0.3, -0.25) is 0 Å². The van der Waals surface area contributed by atoms with Crippen LogP contribution in [0.5, 0.6) is 0 Å². The van der Waals surface area contributed by atoms with Crippen LogP contribution in [0.15, 0.2) is 41.2 Å². The Morgan fingerprint density at radius 2 is 2.00 bits per heavy atom. The minimum atomic E-state index is 0.769. The van der Waals surface area contributed by atoms with Gasteiger partial charge in [0.05, 0.1) is 12.5 Å². The molecule has 0 aliphatic heterocycles. The van der Waals surface area contributed by atoms with Crippen molar-refractivity contribution in [3.63, 3.8) is 0 Å². The highest BCUT2D eigenvalue weighted by atomic mass is 35.5. The Morgan fingerprint density at radius 3 is 2.78 bits per heavy atom. The molecule has 1 aromatic carbocycles. The first kappa shape index (κ1) is 13.2. The molecule has 0 atom stereocenters. The Kier molecular flexibility index (Phi) is 4.89. The van der Waals surface area contributed by atoms with Gasteiger partial charge in [-0.05, 0) is 36.1 Å². The molecule has 1 aromatic heterocycles. The van der Waals surface area contributed by atoms with Crippen LogP contribution >= 0.6 is 11.6 Å². The van der Waals surface area contributed by atoms with Crippen molar-refractivity contribution in [2.45, 2.75) is 39.0 Å². The number of hydrogen-bond donors (Lipinski definition) is 0. The van der Waals surface area contributed by atoms with Crippen LogP contribution in [-0.4, -0.2) is 0 Å². The molecular formula is C16H19ClO. The summed E-state index contributed by atoms with van der Waals surface area (Å²) in [7, 11) is 0. The summed E-state index contributed by atoms with van der Waals surface area (Å²) >= 11 is 6.03. The molecule has 0 amide bonds. The normalized spacial score (nSPS) is 10.8. The van der Waals surface area contributed by atoms with Crippen molar-refractivity contribution in [3.8, 4) is 11.1 Å². The van der Waals surface area contributed by atoms with Crippen LogP contribution in [0, 0.1) is 0 Å². The van der Waals surface area contributed by atoms with Crippen molar-refractivity contribution in [2.75, 3.05) is 0 Å². The van der Waals surface area contributed by atoms with Gasteiger partial charge < -0.3 is 4.42 Å². The highest BCUT2D eigenvalue weighted by molar-refractivity contribution is 6.30. The third-order valence-electron chi connectivity index (χ3n) is 3.18. The van der Waals surface area contributed by atoms with E-state index in [1.54, 1.807) is 0 Å². The molecule has 0 aliphatic rings. The summed E-state index contributed by atoms with van der Waals surface area (Å²) in [5.74, 6) is 0. The molecule has 1 nitrogen and oxygen atoms in total. The van der Waals surface area contributed by atoms with E-state index in [9.17, 15) is 0 Å². The monoisotopic (exact) mass is 262 g/mol. The Balaban J connectivity index is 2.08. The molecule has 0 spiro atoms. The van der Waals surface area contributed by atoms with Gasteiger partial charge in [0.15, 0.2) is 0 Å². The van der Waals surface area contributed by atoms with E-state index in [2.05, 4.69) is 13.0 Å². The molecule has 0 radical (unpaired) electrons. The van der Waals surface area contributed by atoms with Gasteiger partial charge in [0.2, 0.25) is 0 Å². The Hall–Kier alpha value is -1.21. The fourth-order valence-corrected chi connectivity index (χ4v) is 2.36. The zero-order valence-electron chi connectivity index (χ0n) is 10.8. The van der Waals surface area contributed by atoms with E-state index in [1.165, 1.54) is 36.8 Å². The maximum atomic E-state index is 6.03. The standard InChI is InChI=1S/C16H19ClO/c1-2-3-4-5-7-14-11-18-12-16(14)13-8-6-9-15(17)10-13/h6,8-12H,2-5,7H2,1H3. The zero-order valence-corrected chi connectivity index (χ0v) is 11.5. The van der Waals surface area contributed by atoms with Crippen molar-refractivity contribution in [1.29, 1.82) is 0 Å². The van der Waals surface area contributed by atoms with Crippen LogP contribution in [0.4, 0.5) is 0 Å². The lowest BCUT2D eigenvalue weighted by Crippen LogP contribution is -1.87. The fraction of sp³-hybridized carbons (Fsp3) is 0.375. The molecule has 0 N–H and O–H groups in total. The number of unbranched alkanes of at least 4 members (excludes halogenated alkanes) is 3. The third kappa shape index (κ3) is 3.39. The first-order valence-electron chi connectivity index (χ1n) is 6.62.